The van der Waals surface area contributed by atoms with Gasteiger partial charge < -0.3 is 27.7 Å². The molecule has 3 aliphatic heterocycles. The molecule has 0 spiro atoms. The Morgan fingerprint density at radius 2 is 2.05 bits per heavy atom. The summed E-state index contributed by atoms with van der Waals surface area (Å²) < 4.78 is 0.880. The second kappa shape index (κ2) is 6.97. The number of fused-ring (bicyclic) bond motifs is 1. The smallest absolute Gasteiger partial charge is 0.352 e. The Kier molecular flexibility index (Phi) is 6.20. The minimum absolute atomic E-state index is 0. The number of nitrogens with zero attached hydrogens (tertiary/aromatic N) is 2. The quantitative estimate of drug-likeness (QED) is 0.415. The molecule has 0 radical (unpaired) electrons. The van der Waals surface area contributed by atoms with Crippen LogP contribution >= 0.6 is 24.2 Å². The first kappa shape index (κ1) is 19.6. The molecule has 0 unspecified atom stereocenters. The van der Waals surface area contributed by atoms with E-state index in [0.717, 1.165) is 29.7 Å². The number of carboxylic acid groups (broad SMARTS) is 1. The highest BCUT2D eigenvalue weighted by Crippen LogP contribution is 2.40. The SMILES string of the molecule is C[N+]1(CC2=C(C(=O)O)N3C(=O)[C@@H](N)[C@@H]3SC2)CCCC1.Cl.[Cl-]. The van der Waals surface area contributed by atoms with Crippen molar-refractivity contribution >= 4 is 36.0 Å². The van der Waals surface area contributed by atoms with Crippen molar-refractivity contribution in [2.24, 2.45) is 5.73 Å². The molecule has 3 rings (SSSR count). The number of nitrogens with two attached hydrogens (primary N) is 1. The van der Waals surface area contributed by atoms with E-state index in [0.29, 0.717) is 5.75 Å². The van der Waals surface area contributed by atoms with Gasteiger partial charge in [-0.05, 0) is 0 Å². The Morgan fingerprint density at radius 3 is 2.59 bits per heavy atom. The average molecular weight is 370 g/mol. The summed E-state index contributed by atoms with van der Waals surface area (Å²) in [5.74, 6) is -0.602. The lowest BCUT2D eigenvalue weighted by Gasteiger charge is -2.48. The molecule has 6 nitrogen and oxygen atoms in total. The van der Waals surface area contributed by atoms with E-state index in [1.54, 1.807) is 11.8 Å². The molecular formula is C13H21Cl2N3O3S. The minimum atomic E-state index is -1.00. The maximum atomic E-state index is 11.9. The van der Waals surface area contributed by atoms with Crippen LogP contribution in [0.15, 0.2) is 11.3 Å². The highest BCUT2D eigenvalue weighted by Gasteiger charge is 2.52. The Balaban J connectivity index is 0.00000121. The zero-order valence-corrected chi connectivity index (χ0v) is 14.7. The van der Waals surface area contributed by atoms with Gasteiger partial charge in [-0.3, -0.25) is 9.69 Å². The van der Waals surface area contributed by atoms with Gasteiger partial charge in [-0.1, -0.05) is 0 Å². The van der Waals surface area contributed by atoms with Crippen molar-refractivity contribution in [2.75, 3.05) is 32.4 Å². The van der Waals surface area contributed by atoms with Crippen molar-refractivity contribution in [1.29, 1.82) is 0 Å². The number of halogens is 2. The van der Waals surface area contributed by atoms with Crippen molar-refractivity contribution < 1.29 is 31.6 Å². The van der Waals surface area contributed by atoms with Gasteiger partial charge in [-0.2, -0.15) is 0 Å². The molecule has 0 bridgehead atoms. The molecule has 2 saturated heterocycles. The highest BCUT2D eigenvalue weighted by molar-refractivity contribution is 8.00. The van der Waals surface area contributed by atoms with Crippen LogP contribution in [0.5, 0.6) is 0 Å². The number of thioether (sulfide) groups is 1. The number of likely N-dealkylation sites (N-methyl/N-ethyl adjacent to an activating group) is 1. The number of hydrogen-bond donors (Lipinski definition) is 2. The third-order valence-electron chi connectivity index (χ3n) is 4.51. The van der Waals surface area contributed by atoms with Crippen LogP contribution in [0.2, 0.25) is 0 Å². The van der Waals surface area contributed by atoms with Crippen LogP contribution < -0.4 is 18.1 Å². The molecule has 0 aliphatic carbocycles. The first-order valence-corrected chi connectivity index (χ1v) is 7.97. The molecule has 0 aromatic carbocycles. The summed E-state index contributed by atoms with van der Waals surface area (Å²) in [5, 5.41) is 9.29. The normalized spacial score (nSPS) is 29.2. The Hall–Kier alpha value is -0.470. The van der Waals surface area contributed by atoms with Crippen LogP contribution in [0, 0.1) is 0 Å². The van der Waals surface area contributed by atoms with E-state index in [1.165, 1.54) is 17.7 Å². The number of aliphatic carboxylic acids is 1. The molecule has 2 fully saturated rings. The van der Waals surface area contributed by atoms with E-state index in [2.05, 4.69) is 7.05 Å². The lowest BCUT2D eigenvalue weighted by molar-refractivity contribution is -0.893. The second-order valence-electron chi connectivity index (χ2n) is 6.12. The van der Waals surface area contributed by atoms with Crippen LogP contribution in [0.25, 0.3) is 0 Å². The van der Waals surface area contributed by atoms with Gasteiger partial charge in [0.1, 0.15) is 23.7 Å². The molecule has 1 amide bonds. The van der Waals surface area contributed by atoms with E-state index in [9.17, 15) is 14.7 Å². The monoisotopic (exact) mass is 369 g/mol. The number of carbonyl (C=O) groups excluding carboxylic acids is 1. The Morgan fingerprint density at radius 1 is 1.45 bits per heavy atom. The summed E-state index contributed by atoms with van der Waals surface area (Å²) in [7, 11) is 2.17. The van der Waals surface area contributed by atoms with Crippen LogP contribution in [0.1, 0.15) is 12.8 Å². The molecule has 3 aliphatic rings. The number of amides is 1. The topological polar surface area (TPSA) is 83.6 Å². The van der Waals surface area contributed by atoms with E-state index in [1.807, 2.05) is 0 Å². The molecule has 0 aromatic heterocycles. The first-order valence-electron chi connectivity index (χ1n) is 6.92. The van der Waals surface area contributed by atoms with Gasteiger partial charge in [0.15, 0.2) is 0 Å². The fourth-order valence-electron chi connectivity index (χ4n) is 3.42. The summed E-state index contributed by atoms with van der Waals surface area (Å²) in [6, 6.07) is -0.549. The van der Waals surface area contributed by atoms with E-state index < -0.39 is 12.0 Å². The van der Waals surface area contributed by atoms with Gasteiger partial charge >= 0.3 is 5.97 Å². The average Bonchev–Trinajstić information content (AvgIpc) is 2.83. The number of hydrogen-bond acceptors (Lipinski definition) is 4. The fraction of sp³-hybridized carbons (Fsp3) is 0.692. The van der Waals surface area contributed by atoms with Gasteiger partial charge in [-0.15, -0.1) is 24.2 Å². The number of likely N-dealkylation sites (tertiary alicyclic amines) is 1. The Labute approximate surface area is 146 Å². The van der Waals surface area contributed by atoms with Gasteiger partial charge in [-0.25, -0.2) is 4.79 Å². The number of quaternary nitrogens is 1. The van der Waals surface area contributed by atoms with Gasteiger partial charge in [0.2, 0.25) is 5.91 Å². The molecular weight excluding hydrogens is 349 g/mol. The van der Waals surface area contributed by atoms with E-state index >= 15 is 0 Å². The first-order chi connectivity index (χ1) is 9.43. The number of carboxylic acids is 1. The molecule has 0 aromatic rings. The predicted molar refractivity (Wildman–Crippen MR) is 83.0 cm³/mol. The third-order valence-corrected chi connectivity index (χ3v) is 5.87. The molecule has 0 saturated carbocycles. The summed E-state index contributed by atoms with van der Waals surface area (Å²) in [4.78, 5) is 24.8. The van der Waals surface area contributed by atoms with Crippen LogP contribution in [-0.2, 0) is 9.59 Å². The molecule has 3 heterocycles. The molecule has 2 atom stereocenters. The maximum absolute atomic E-state index is 11.9. The van der Waals surface area contributed by atoms with Crippen LogP contribution in [-0.4, -0.2) is 70.2 Å². The summed E-state index contributed by atoms with van der Waals surface area (Å²) >= 11 is 1.59. The van der Waals surface area contributed by atoms with Crippen LogP contribution in [0.3, 0.4) is 0 Å². The van der Waals surface area contributed by atoms with Crippen molar-refractivity contribution in [3.63, 3.8) is 0 Å². The summed E-state index contributed by atoms with van der Waals surface area (Å²) in [6.07, 6.45) is 2.38. The summed E-state index contributed by atoms with van der Waals surface area (Å²) in [5.41, 5.74) is 6.81. The van der Waals surface area contributed by atoms with Crippen molar-refractivity contribution in [2.45, 2.75) is 24.3 Å². The molecule has 3 N–H and O–H groups in total. The van der Waals surface area contributed by atoms with E-state index in [-0.39, 0.29) is 41.8 Å². The largest absolute Gasteiger partial charge is 1.00 e. The lowest BCUT2D eigenvalue weighted by Crippen LogP contribution is -3.00. The number of β-lactam (4-membered cyclic amide) rings is 1. The zero-order valence-electron chi connectivity index (χ0n) is 12.3. The summed E-state index contributed by atoms with van der Waals surface area (Å²) in [6.45, 7) is 2.89. The maximum Gasteiger partial charge on any atom is 0.352 e. The molecule has 22 heavy (non-hydrogen) atoms. The Bertz CT molecular complexity index is 509. The van der Waals surface area contributed by atoms with Crippen LogP contribution in [0.4, 0.5) is 0 Å². The second-order valence-corrected chi connectivity index (χ2v) is 7.23. The number of carbonyl (C=O) groups is 2. The highest BCUT2D eigenvalue weighted by atomic mass is 35.5. The van der Waals surface area contributed by atoms with Crippen molar-refractivity contribution in [1.82, 2.24) is 4.90 Å². The minimum Gasteiger partial charge on any atom is -1.00 e. The van der Waals surface area contributed by atoms with Gasteiger partial charge in [0.05, 0.1) is 20.1 Å². The number of rotatable bonds is 3. The van der Waals surface area contributed by atoms with Crippen molar-refractivity contribution in [3.8, 4) is 0 Å². The van der Waals surface area contributed by atoms with Gasteiger partial charge in [0, 0.05) is 24.2 Å². The van der Waals surface area contributed by atoms with Crippen molar-refractivity contribution in [3.05, 3.63) is 11.3 Å². The molecule has 126 valence electrons. The standard InChI is InChI=1S/C13H19N3O3S.2ClH/c1-16(4-2-3-5-16)6-8-7-20-12-9(14)11(17)15(12)10(8)13(18)19;;/h9,12H,2-7,14H2,1H3;2*1H/t9-,12+;;/m1../s1. The predicted octanol–water partition coefficient (Wildman–Crippen LogP) is -2.77. The lowest BCUT2D eigenvalue weighted by atomic mass is 10.0. The zero-order chi connectivity index (χ0) is 14.5. The molecule has 9 heteroatoms. The van der Waals surface area contributed by atoms with Gasteiger partial charge in [0.25, 0.3) is 0 Å². The fourth-order valence-corrected chi connectivity index (χ4v) is 4.70. The third kappa shape index (κ3) is 3.10. The van der Waals surface area contributed by atoms with E-state index in [4.69, 9.17) is 5.73 Å².